The minimum Gasteiger partial charge on any atom is -0.497 e. The molecule has 40 heavy (non-hydrogen) atoms. The Morgan fingerprint density at radius 1 is 1.15 bits per heavy atom. The predicted molar refractivity (Wildman–Crippen MR) is 158 cm³/mol. The van der Waals surface area contributed by atoms with Crippen LogP contribution in [-0.4, -0.2) is 84.1 Å². The molecule has 2 aliphatic heterocycles. The van der Waals surface area contributed by atoms with Gasteiger partial charge in [-0.05, 0) is 54.7 Å². The number of piperidine rings is 1. The summed E-state index contributed by atoms with van der Waals surface area (Å²) in [6, 6.07) is 14.9. The van der Waals surface area contributed by atoms with Crippen molar-refractivity contribution in [3.05, 3.63) is 53.6 Å². The van der Waals surface area contributed by atoms with Crippen molar-refractivity contribution in [3.63, 3.8) is 0 Å². The Hall–Kier alpha value is -2.81. The molecule has 8 heteroatoms. The molecular formula is C32H47N3O5. The Morgan fingerprint density at radius 3 is 2.62 bits per heavy atom. The quantitative estimate of drug-likeness (QED) is 0.389. The largest absolute Gasteiger partial charge is 0.497 e. The van der Waals surface area contributed by atoms with Crippen LogP contribution in [0.4, 0.5) is 5.69 Å². The van der Waals surface area contributed by atoms with Gasteiger partial charge in [0.1, 0.15) is 18.1 Å². The standard InChI is InChI=1S/C32H47N3O5/c1-32(2,31(36)34(3)4)20-25-19-27(24-9-11-26(38-6)12-10-24)30(21-33-25)40-22-23-8-13-29-28(18-23)35(15-17-39-29)14-7-16-37-5/h8-13,18,25,27,30,33H,7,14-17,19-22H2,1-6H3/t25-,27+,30-/m0/s1. The first-order valence-corrected chi connectivity index (χ1v) is 14.4. The lowest BCUT2D eigenvalue weighted by atomic mass is 9.77. The van der Waals surface area contributed by atoms with Gasteiger partial charge in [0, 0.05) is 58.3 Å². The number of fused-ring (bicyclic) bond motifs is 1. The fourth-order valence-electron chi connectivity index (χ4n) is 6.05. The van der Waals surface area contributed by atoms with Crippen LogP contribution in [0.2, 0.25) is 0 Å². The average Bonchev–Trinajstić information content (AvgIpc) is 2.96. The third kappa shape index (κ3) is 7.47. The predicted octanol–water partition coefficient (Wildman–Crippen LogP) is 4.47. The van der Waals surface area contributed by atoms with Gasteiger partial charge in [-0.25, -0.2) is 0 Å². The number of rotatable bonds is 12. The van der Waals surface area contributed by atoms with E-state index >= 15 is 0 Å². The smallest absolute Gasteiger partial charge is 0.227 e. The monoisotopic (exact) mass is 553 g/mol. The summed E-state index contributed by atoms with van der Waals surface area (Å²) < 4.78 is 23.2. The van der Waals surface area contributed by atoms with Crippen molar-refractivity contribution >= 4 is 11.6 Å². The molecule has 1 amide bonds. The summed E-state index contributed by atoms with van der Waals surface area (Å²) in [5.74, 6) is 2.13. The maximum absolute atomic E-state index is 12.8. The Bertz CT molecular complexity index is 1100. The number of methoxy groups -OCH3 is 2. The summed E-state index contributed by atoms with van der Waals surface area (Å²) >= 11 is 0. The van der Waals surface area contributed by atoms with Crippen molar-refractivity contribution < 1.29 is 23.7 Å². The van der Waals surface area contributed by atoms with Crippen molar-refractivity contribution in [1.82, 2.24) is 10.2 Å². The molecule has 0 aliphatic carbocycles. The van der Waals surface area contributed by atoms with Gasteiger partial charge >= 0.3 is 0 Å². The van der Waals surface area contributed by atoms with Crippen LogP contribution in [0.15, 0.2) is 42.5 Å². The van der Waals surface area contributed by atoms with Crippen molar-refractivity contribution in [3.8, 4) is 11.5 Å². The first-order chi connectivity index (χ1) is 19.2. The van der Waals surface area contributed by atoms with Crippen molar-refractivity contribution in [2.24, 2.45) is 5.41 Å². The zero-order valence-corrected chi connectivity index (χ0v) is 25.1. The third-order valence-corrected chi connectivity index (χ3v) is 8.10. The Morgan fingerprint density at radius 2 is 1.93 bits per heavy atom. The second kappa shape index (κ2) is 13.7. The van der Waals surface area contributed by atoms with Crippen LogP contribution in [0.5, 0.6) is 11.5 Å². The Labute approximate surface area is 239 Å². The molecule has 1 N–H and O–H groups in total. The van der Waals surface area contributed by atoms with Crippen molar-refractivity contribution in [1.29, 1.82) is 0 Å². The average molecular weight is 554 g/mol. The molecule has 2 aromatic rings. The van der Waals surface area contributed by atoms with E-state index < -0.39 is 5.41 Å². The molecule has 2 heterocycles. The number of benzene rings is 2. The van der Waals surface area contributed by atoms with E-state index in [0.29, 0.717) is 13.2 Å². The number of hydrogen-bond donors (Lipinski definition) is 1. The van der Waals surface area contributed by atoms with Crippen LogP contribution in [0, 0.1) is 5.41 Å². The SMILES string of the molecule is COCCCN1CCOc2ccc(CO[C@H]3CN[C@H](CC(C)(C)C(=O)N(C)C)C[C@@H]3c3ccc(OC)cc3)cc21. The zero-order valence-electron chi connectivity index (χ0n) is 25.1. The van der Waals surface area contributed by atoms with E-state index in [1.54, 1.807) is 19.1 Å². The molecule has 3 atom stereocenters. The highest BCUT2D eigenvalue weighted by Gasteiger charge is 2.38. The first-order valence-electron chi connectivity index (χ1n) is 14.4. The van der Waals surface area contributed by atoms with Crippen LogP contribution >= 0.6 is 0 Å². The van der Waals surface area contributed by atoms with Crippen LogP contribution in [0.1, 0.15) is 50.2 Å². The van der Waals surface area contributed by atoms with Gasteiger partial charge in [-0.2, -0.15) is 0 Å². The highest BCUT2D eigenvalue weighted by atomic mass is 16.5. The molecule has 0 radical (unpaired) electrons. The molecular weight excluding hydrogens is 506 g/mol. The highest BCUT2D eigenvalue weighted by molar-refractivity contribution is 5.81. The van der Waals surface area contributed by atoms with E-state index in [1.165, 1.54) is 5.56 Å². The molecule has 0 aromatic heterocycles. The van der Waals surface area contributed by atoms with Crippen LogP contribution < -0.4 is 19.7 Å². The van der Waals surface area contributed by atoms with Crippen molar-refractivity contribution in [2.75, 3.05) is 66.1 Å². The third-order valence-electron chi connectivity index (χ3n) is 8.10. The van der Waals surface area contributed by atoms with Crippen LogP contribution in [0.25, 0.3) is 0 Å². The number of amides is 1. The second-order valence-electron chi connectivity index (χ2n) is 11.8. The van der Waals surface area contributed by atoms with E-state index in [1.807, 2.05) is 40.1 Å². The molecule has 220 valence electrons. The molecule has 4 rings (SSSR count). The van der Waals surface area contributed by atoms with E-state index in [4.69, 9.17) is 18.9 Å². The summed E-state index contributed by atoms with van der Waals surface area (Å²) in [5, 5.41) is 3.70. The molecule has 2 aromatic carbocycles. The van der Waals surface area contributed by atoms with E-state index in [-0.39, 0.29) is 24.0 Å². The van der Waals surface area contributed by atoms with Crippen molar-refractivity contribution in [2.45, 2.75) is 57.8 Å². The van der Waals surface area contributed by atoms with Gasteiger partial charge in [-0.3, -0.25) is 4.79 Å². The lowest BCUT2D eigenvalue weighted by Gasteiger charge is -2.40. The molecule has 0 bridgehead atoms. The fourth-order valence-corrected chi connectivity index (χ4v) is 6.05. The number of anilines is 1. The normalized spacial score (nSPS) is 20.9. The summed E-state index contributed by atoms with van der Waals surface area (Å²) in [6.45, 7) is 8.60. The Balaban J connectivity index is 1.47. The van der Waals surface area contributed by atoms with Gasteiger partial charge in [-0.15, -0.1) is 0 Å². The molecule has 0 saturated carbocycles. The topological polar surface area (TPSA) is 72.5 Å². The number of ether oxygens (including phenoxy) is 4. The summed E-state index contributed by atoms with van der Waals surface area (Å²) in [7, 11) is 7.09. The van der Waals surface area contributed by atoms with Gasteiger partial charge < -0.3 is 34.1 Å². The van der Waals surface area contributed by atoms with Gasteiger partial charge in [0.15, 0.2) is 0 Å². The maximum Gasteiger partial charge on any atom is 0.227 e. The van der Waals surface area contributed by atoms with Crippen LogP contribution in [0.3, 0.4) is 0 Å². The number of hydrogen-bond acceptors (Lipinski definition) is 7. The molecule has 1 fully saturated rings. The molecule has 0 spiro atoms. The minimum absolute atomic E-state index is 0.00222. The summed E-state index contributed by atoms with van der Waals surface area (Å²) in [6.07, 6.45) is 2.65. The van der Waals surface area contributed by atoms with E-state index in [0.717, 1.165) is 68.3 Å². The second-order valence-corrected chi connectivity index (χ2v) is 11.8. The van der Waals surface area contributed by atoms with Gasteiger partial charge in [0.05, 0.1) is 32.1 Å². The summed E-state index contributed by atoms with van der Waals surface area (Å²) in [4.78, 5) is 16.9. The number of nitrogens with zero attached hydrogens (tertiary/aromatic N) is 2. The van der Waals surface area contributed by atoms with Gasteiger partial charge in [-0.1, -0.05) is 32.0 Å². The summed E-state index contributed by atoms with van der Waals surface area (Å²) in [5.41, 5.74) is 3.05. The number of nitrogens with one attached hydrogen (secondary N) is 1. The zero-order chi connectivity index (χ0) is 28.7. The van der Waals surface area contributed by atoms with Crippen LogP contribution in [-0.2, 0) is 20.9 Å². The van der Waals surface area contributed by atoms with Gasteiger partial charge in [0.2, 0.25) is 5.91 Å². The lowest BCUT2D eigenvalue weighted by Crippen LogP contribution is -2.50. The highest BCUT2D eigenvalue weighted by Crippen LogP contribution is 2.37. The number of carbonyl (C=O) groups excluding carboxylic acids is 1. The molecule has 0 unspecified atom stereocenters. The fraction of sp³-hybridized carbons (Fsp3) is 0.594. The van der Waals surface area contributed by atoms with E-state index in [9.17, 15) is 4.79 Å². The van der Waals surface area contributed by atoms with E-state index in [2.05, 4.69) is 40.5 Å². The first kappa shape index (κ1) is 30.2. The maximum atomic E-state index is 12.8. The van der Waals surface area contributed by atoms with Gasteiger partial charge in [0.25, 0.3) is 0 Å². The minimum atomic E-state index is -0.445. The molecule has 8 nitrogen and oxygen atoms in total. The molecule has 2 aliphatic rings. The lowest BCUT2D eigenvalue weighted by molar-refractivity contribution is -0.138. The number of carbonyl (C=O) groups is 1. The molecule has 1 saturated heterocycles. The Kier molecular flexibility index (Phi) is 10.3.